The zero-order chi connectivity index (χ0) is 12.3. The molecule has 0 radical (unpaired) electrons. The highest BCUT2D eigenvalue weighted by atomic mass is 32.1. The van der Waals surface area contributed by atoms with Gasteiger partial charge >= 0.3 is 0 Å². The van der Waals surface area contributed by atoms with E-state index in [1.807, 2.05) is 11.3 Å². The van der Waals surface area contributed by atoms with Crippen LogP contribution in [0, 0.1) is 11.3 Å². The molecular weight excluding hydrogens is 230 g/mol. The van der Waals surface area contributed by atoms with Gasteiger partial charge in [0.2, 0.25) is 0 Å². The number of nitrogens with zero attached hydrogens (tertiary/aromatic N) is 1. The predicted molar refractivity (Wildman–Crippen MR) is 73.6 cm³/mol. The maximum atomic E-state index is 7.55. The number of thiophene rings is 1. The normalized spacial score (nSPS) is 21.6. The van der Waals surface area contributed by atoms with Crippen LogP contribution in [0.3, 0.4) is 0 Å². The van der Waals surface area contributed by atoms with E-state index < -0.39 is 0 Å². The monoisotopic (exact) mass is 251 g/mol. The highest BCUT2D eigenvalue weighted by Crippen LogP contribution is 2.22. The SMILES string of the molecule is CCc1ccc(CN2CCCC(C(=N)N)C2)s1. The van der Waals surface area contributed by atoms with Crippen molar-refractivity contribution in [3.8, 4) is 0 Å². The quantitative estimate of drug-likeness (QED) is 0.638. The number of nitrogens with two attached hydrogens (primary N) is 1. The summed E-state index contributed by atoms with van der Waals surface area (Å²) in [4.78, 5) is 5.33. The molecule has 1 atom stereocenters. The summed E-state index contributed by atoms with van der Waals surface area (Å²) in [7, 11) is 0. The minimum absolute atomic E-state index is 0.273. The van der Waals surface area contributed by atoms with Crippen LogP contribution in [-0.4, -0.2) is 23.8 Å². The second kappa shape index (κ2) is 5.65. The molecule has 1 fully saturated rings. The predicted octanol–water partition coefficient (Wildman–Crippen LogP) is 2.46. The first-order valence-electron chi connectivity index (χ1n) is 6.33. The third kappa shape index (κ3) is 3.30. The largest absolute Gasteiger partial charge is 0.387 e. The Labute approximate surface area is 107 Å². The van der Waals surface area contributed by atoms with Gasteiger partial charge in [0.05, 0.1) is 5.84 Å². The second-order valence-electron chi connectivity index (χ2n) is 4.75. The second-order valence-corrected chi connectivity index (χ2v) is 6.00. The first-order valence-corrected chi connectivity index (χ1v) is 7.14. The molecule has 2 heterocycles. The van der Waals surface area contributed by atoms with Gasteiger partial charge in [-0.05, 0) is 37.9 Å². The maximum absolute atomic E-state index is 7.55. The lowest BCUT2D eigenvalue weighted by atomic mass is 9.97. The topological polar surface area (TPSA) is 53.1 Å². The number of amidine groups is 1. The minimum Gasteiger partial charge on any atom is -0.387 e. The molecule has 0 amide bonds. The molecule has 1 aliphatic heterocycles. The Kier molecular flexibility index (Phi) is 4.18. The third-order valence-electron chi connectivity index (χ3n) is 3.39. The molecule has 17 heavy (non-hydrogen) atoms. The van der Waals surface area contributed by atoms with Crippen molar-refractivity contribution in [2.75, 3.05) is 13.1 Å². The summed E-state index contributed by atoms with van der Waals surface area (Å²) >= 11 is 1.91. The van der Waals surface area contributed by atoms with Crippen LogP contribution >= 0.6 is 11.3 Å². The molecule has 1 saturated heterocycles. The molecule has 1 aromatic heterocycles. The molecule has 0 aromatic carbocycles. The van der Waals surface area contributed by atoms with Crippen molar-refractivity contribution in [2.24, 2.45) is 11.7 Å². The van der Waals surface area contributed by atoms with Crippen LogP contribution < -0.4 is 5.73 Å². The van der Waals surface area contributed by atoms with Crippen LogP contribution in [0.1, 0.15) is 29.5 Å². The van der Waals surface area contributed by atoms with E-state index in [1.165, 1.54) is 9.75 Å². The molecule has 0 spiro atoms. The van der Waals surface area contributed by atoms with Gasteiger partial charge in [0.15, 0.2) is 0 Å². The molecule has 0 saturated carbocycles. The van der Waals surface area contributed by atoms with Gasteiger partial charge in [0, 0.05) is 28.8 Å². The molecule has 2 rings (SSSR count). The molecular formula is C13H21N3S. The molecule has 94 valence electrons. The molecule has 1 aliphatic rings. The van der Waals surface area contributed by atoms with Crippen molar-refractivity contribution < 1.29 is 0 Å². The van der Waals surface area contributed by atoms with E-state index in [-0.39, 0.29) is 5.92 Å². The van der Waals surface area contributed by atoms with Crippen molar-refractivity contribution in [2.45, 2.75) is 32.7 Å². The van der Waals surface area contributed by atoms with Gasteiger partial charge < -0.3 is 5.73 Å². The number of rotatable bonds is 4. The van der Waals surface area contributed by atoms with Crippen LogP contribution in [0.2, 0.25) is 0 Å². The van der Waals surface area contributed by atoms with Crippen molar-refractivity contribution in [1.82, 2.24) is 4.90 Å². The summed E-state index contributed by atoms with van der Waals surface area (Å²) in [6.45, 7) is 5.31. The van der Waals surface area contributed by atoms with Crippen LogP contribution in [0.15, 0.2) is 12.1 Å². The summed E-state index contributed by atoms with van der Waals surface area (Å²) in [6.07, 6.45) is 3.37. The molecule has 3 N–H and O–H groups in total. The smallest absolute Gasteiger partial charge is 0.0949 e. The standard InChI is InChI=1S/C13H21N3S/c1-2-11-5-6-12(17-11)9-16-7-3-4-10(8-16)13(14)15/h5-6,10H,2-4,7-9H2,1H3,(H3,14,15). The molecule has 0 bridgehead atoms. The number of aryl methyl sites for hydroxylation is 1. The number of piperidine rings is 1. The zero-order valence-electron chi connectivity index (χ0n) is 10.4. The van der Waals surface area contributed by atoms with Gasteiger partial charge in [-0.3, -0.25) is 10.3 Å². The lowest BCUT2D eigenvalue weighted by molar-refractivity contribution is 0.197. The number of likely N-dealkylation sites (tertiary alicyclic amines) is 1. The summed E-state index contributed by atoms with van der Waals surface area (Å²) < 4.78 is 0. The minimum atomic E-state index is 0.273. The lowest BCUT2D eigenvalue weighted by Gasteiger charge is -2.31. The fourth-order valence-corrected chi connectivity index (χ4v) is 3.37. The summed E-state index contributed by atoms with van der Waals surface area (Å²) in [5.41, 5.74) is 5.61. The summed E-state index contributed by atoms with van der Waals surface area (Å²) in [5, 5.41) is 7.55. The van der Waals surface area contributed by atoms with Crippen molar-refractivity contribution in [3.05, 3.63) is 21.9 Å². The van der Waals surface area contributed by atoms with Gasteiger partial charge in [-0.1, -0.05) is 6.92 Å². The van der Waals surface area contributed by atoms with E-state index in [4.69, 9.17) is 11.1 Å². The van der Waals surface area contributed by atoms with Gasteiger partial charge in [0.1, 0.15) is 0 Å². The Morgan fingerprint density at radius 3 is 2.94 bits per heavy atom. The number of nitrogens with one attached hydrogen (secondary N) is 1. The molecule has 0 aliphatic carbocycles. The highest BCUT2D eigenvalue weighted by molar-refractivity contribution is 7.11. The fourth-order valence-electron chi connectivity index (χ4n) is 2.37. The van der Waals surface area contributed by atoms with Crippen LogP contribution in [-0.2, 0) is 13.0 Å². The Morgan fingerprint density at radius 1 is 1.53 bits per heavy atom. The first-order chi connectivity index (χ1) is 8.19. The van der Waals surface area contributed by atoms with Crippen LogP contribution in [0.25, 0.3) is 0 Å². The fraction of sp³-hybridized carbons (Fsp3) is 0.615. The number of hydrogen-bond donors (Lipinski definition) is 2. The van der Waals surface area contributed by atoms with Gasteiger partial charge in [-0.25, -0.2) is 0 Å². The van der Waals surface area contributed by atoms with Gasteiger partial charge in [-0.15, -0.1) is 11.3 Å². The van der Waals surface area contributed by atoms with E-state index in [0.29, 0.717) is 5.84 Å². The molecule has 1 unspecified atom stereocenters. The van der Waals surface area contributed by atoms with Crippen molar-refractivity contribution in [1.29, 1.82) is 5.41 Å². The summed E-state index contributed by atoms with van der Waals surface area (Å²) in [6, 6.07) is 4.47. The first kappa shape index (κ1) is 12.6. The van der Waals surface area contributed by atoms with Crippen molar-refractivity contribution in [3.63, 3.8) is 0 Å². The highest BCUT2D eigenvalue weighted by Gasteiger charge is 2.22. The van der Waals surface area contributed by atoms with Crippen LogP contribution in [0.4, 0.5) is 0 Å². The van der Waals surface area contributed by atoms with E-state index >= 15 is 0 Å². The van der Waals surface area contributed by atoms with E-state index in [2.05, 4.69) is 24.0 Å². The summed E-state index contributed by atoms with van der Waals surface area (Å²) in [5.74, 6) is 0.629. The third-order valence-corrected chi connectivity index (χ3v) is 4.60. The van der Waals surface area contributed by atoms with E-state index in [0.717, 1.165) is 38.9 Å². The average Bonchev–Trinajstić information content (AvgIpc) is 2.77. The Hall–Kier alpha value is -0.870. The van der Waals surface area contributed by atoms with E-state index in [1.54, 1.807) is 0 Å². The van der Waals surface area contributed by atoms with Crippen molar-refractivity contribution >= 4 is 17.2 Å². The average molecular weight is 251 g/mol. The number of hydrogen-bond acceptors (Lipinski definition) is 3. The van der Waals surface area contributed by atoms with Gasteiger partial charge in [0.25, 0.3) is 0 Å². The van der Waals surface area contributed by atoms with Gasteiger partial charge in [-0.2, -0.15) is 0 Å². The molecule has 3 nitrogen and oxygen atoms in total. The zero-order valence-corrected chi connectivity index (χ0v) is 11.2. The van der Waals surface area contributed by atoms with E-state index in [9.17, 15) is 0 Å². The Morgan fingerprint density at radius 2 is 2.29 bits per heavy atom. The lowest BCUT2D eigenvalue weighted by Crippen LogP contribution is -2.40. The Bertz CT molecular complexity index is 386. The Balaban J connectivity index is 1.92. The van der Waals surface area contributed by atoms with Crippen LogP contribution in [0.5, 0.6) is 0 Å². The molecule has 1 aromatic rings. The molecule has 4 heteroatoms. The maximum Gasteiger partial charge on any atom is 0.0949 e.